The summed E-state index contributed by atoms with van der Waals surface area (Å²) in [6.45, 7) is 6.83. The van der Waals surface area contributed by atoms with Crippen molar-refractivity contribution < 1.29 is 27.8 Å². The van der Waals surface area contributed by atoms with E-state index >= 15 is 0 Å². The van der Waals surface area contributed by atoms with Gasteiger partial charge in [0, 0.05) is 40.2 Å². The molecule has 176 valence electrons. The van der Waals surface area contributed by atoms with E-state index < -0.39 is 36.2 Å². The Morgan fingerprint density at radius 2 is 1.76 bits per heavy atom. The summed E-state index contributed by atoms with van der Waals surface area (Å²) in [4.78, 5) is 25.0. The van der Waals surface area contributed by atoms with Crippen molar-refractivity contribution in [2.75, 3.05) is 0 Å². The van der Waals surface area contributed by atoms with Crippen LogP contribution in [0.2, 0.25) is 0 Å². The zero-order valence-corrected chi connectivity index (χ0v) is 19.2. The van der Waals surface area contributed by atoms with Crippen LogP contribution in [0, 0.1) is 6.92 Å². The number of carbonyl (C=O) groups is 1. The zero-order valence-electron chi connectivity index (χ0n) is 18.3. The molecule has 2 aromatic heterocycles. The van der Waals surface area contributed by atoms with E-state index in [0.29, 0.717) is 21.9 Å². The summed E-state index contributed by atoms with van der Waals surface area (Å²) in [5.41, 5.74) is 1.26. The van der Waals surface area contributed by atoms with Crippen LogP contribution in [0.3, 0.4) is 0 Å². The van der Waals surface area contributed by atoms with Crippen molar-refractivity contribution in [2.45, 2.75) is 52.1 Å². The number of nitrogens with one attached hydrogen (secondary N) is 1. The Morgan fingerprint density at radius 3 is 2.30 bits per heavy atom. The van der Waals surface area contributed by atoms with E-state index in [4.69, 9.17) is 4.74 Å². The van der Waals surface area contributed by atoms with Crippen molar-refractivity contribution in [3.63, 3.8) is 0 Å². The number of halogens is 3. The second kappa shape index (κ2) is 9.84. The van der Waals surface area contributed by atoms with Gasteiger partial charge in [0.1, 0.15) is 16.9 Å². The molecule has 0 aliphatic rings. The van der Waals surface area contributed by atoms with Crippen molar-refractivity contribution in [1.82, 2.24) is 20.3 Å². The second-order valence-corrected chi connectivity index (χ2v) is 8.85. The number of aliphatic hydroxyl groups excluding tert-OH is 1. The Morgan fingerprint density at radius 1 is 1.09 bits per heavy atom. The highest BCUT2D eigenvalue weighted by Crippen LogP contribution is 2.30. The van der Waals surface area contributed by atoms with Crippen molar-refractivity contribution >= 4 is 17.2 Å². The zero-order chi connectivity index (χ0) is 24.3. The molecule has 3 unspecified atom stereocenters. The summed E-state index contributed by atoms with van der Waals surface area (Å²) in [5.74, 6) is -1.33. The predicted octanol–water partition coefficient (Wildman–Crippen LogP) is 4.57. The molecule has 0 saturated heterocycles. The first-order valence-corrected chi connectivity index (χ1v) is 10.9. The normalized spacial score (nSPS) is 14.4. The number of carbonyl (C=O) groups excluding carboxylic acids is 1. The smallest absolute Gasteiger partial charge is 0.451 e. The van der Waals surface area contributed by atoms with Crippen LogP contribution < -0.4 is 10.1 Å². The minimum atomic E-state index is -4.64. The number of aryl methyl sites for hydroxylation is 1. The van der Waals surface area contributed by atoms with Crippen molar-refractivity contribution in [1.29, 1.82) is 0 Å². The fourth-order valence-corrected chi connectivity index (χ4v) is 3.55. The molecule has 7 nitrogen and oxygen atoms in total. The number of thiazole rings is 1. The Kier molecular flexibility index (Phi) is 7.33. The van der Waals surface area contributed by atoms with E-state index in [0.717, 1.165) is 17.3 Å². The number of hydrogen-bond acceptors (Lipinski definition) is 7. The van der Waals surface area contributed by atoms with Gasteiger partial charge in [-0.3, -0.25) is 4.79 Å². The molecule has 0 spiro atoms. The number of rotatable bonds is 7. The van der Waals surface area contributed by atoms with Crippen LogP contribution in [0.25, 0.3) is 10.6 Å². The van der Waals surface area contributed by atoms with Crippen molar-refractivity contribution in [3.05, 3.63) is 58.6 Å². The van der Waals surface area contributed by atoms with E-state index in [2.05, 4.69) is 20.3 Å². The molecule has 3 aromatic rings. The molecule has 0 saturated carbocycles. The lowest BCUT2D eigenvalue weighted by Crippen LogP contribution is -2.28. The summed E-state index contributed by atoms with van der Waals surface area (Å²) >= 11 is 1.45. The van der Waals surface area contributed by atoms with E-state index in [-0.39, 0.29) is 5.56 Å². The number of nitrogens with zero attached hydrogens (tertiary/aromatic N) is 3. The van der Waals surface area contributed by atoms with Crippen LogP contribution in [0.1, 0.15) is 53.4 Å². The van der Waals surface area contributed by atoms with Crippen LogP contribution in [0.5, 0.6) is 5.75 Å². The maximum absolute atomic E-state index is 13.0. The first-order valence-electron chi connectivity index (χ1n) is 10.1. The number of aliphatic hydroxyl groups is 1. The summed E-state index contributed by atoms with van der Waals surface area (Å²) in [6.07, 6.45) is -2.09. The molecule has 0 aliphatic carbocycles. The quantitative estimate of drug-likeness (QED) is 0.514. The number of ether oxygens (including phenoxy) is 1. The molecule has 1 aromatic carbocycles. The van der Waals surface area contributed by atoms with Crippen LogP contribution in [0.4, 0.5) is 13.2 Å². The number of aromatic nitrogens is 3. The highest BCUT2D eigenvalue weighted by Gasteiger charge is 2.34. The van der Waals surface area contributed by atoms with Gasteiger partial charge in [-0.05, 0) is 45.9 Å². The van der Waals surface area contributed by atoms with Gasteiger partial charge in [-0.1, -0.05) is 0 Å². The van der Waals surface area contributed by atoms with Gasteiger partial charge in [0.15, 0.2) is 0 Å². The number of benzene rings is 1. The maximum Gasteiger partial charge on any atom is 0.451 e. The van der Waals surface area contributed by atoms with Crippen molar-refractivity contribution in [3.8, 4) is 16.3 Å². The van der Waals surface area contributed by atoms with Gasteiger partial charge < -0.3 is 15.2 Å². The summed E-state index contributed by atoms with van der Waals surface area (Å²) in [5, 5.41) is 13.2. The third-order valence-electron chi connectivity index (χ3n) is 4.81. The summed E-state index contributed by atoms with van der Waals surface area (Å²) in [7, 11) is 0. The van der Waals surface area contributed by atoms with E-state index in [1.165, 1.54) is 17.4 Å². The fourth-order valence-electron chi connectivity index (χ4n) is 2.79. The van der Waals surface area contributed by atoms with Gasteiger partial charge in [0.2, 0.25) is 5.82 Å². The first kappa shape index (κ1) is 24.6. The molecular formula is C22H23F3N4O3S. The lowest BCUT2D eigenvalue weighted by molar-refractivity contribution is -0.145. The monoisotopic (exact) mass is 480 g/mol. The molecule has 2 N–H and O–H groups in total. The van der Waals surface area contributed by atoms with E-state index in [9.17, 15) is 23.1 Å². The standard InChI is InChI=1S/C22H23F3N4O3S/c1-11-8-26-20(33-11)16-5-15(6-18(7-16)32-14(4)13(3)30)19(31)29-12(2)17-9-27-21(28-10-17)22(23,24)25/h5-10,12-14,30H,1-4H3,(H,29,31). The Bertz CT molecular complexity index is 1120. The van der Waals surface area contributed by atoms with Gasteiger partial charge >= 0.3 is 6.18 Å². The topological polar surface area (TPSA) is 97.2 Å². The van der Waals surface area contributed by atoms with Crippen LogP contribution in [-0.2, 0) is 6.18 Å². The summed E-state index contributed by atoms with van der Waals surface area (Å²) < 4.78 is 43.8. The molecule has 0 aliphatic heterocycles. The van der Waals surface area contributed by atoms with Gasteiger partial charge in [0.05, 0.1) is 12.1 Å². The Labute approximate surface area is 192 Å². The Balaban J connectivity index is 1.86. The lowest BCUT2D eigenvalue weighted by atomic mass is 10.1. The number of hydrogen-bond donors (Lipinski definition) is 2. The summed E-state index contributed by atoms with van der Waals surface area (Å²) in [6, 6.07) is 4.28. The molecule has 3 atom stereocenters. The second-order valence-electron chi connectivity index (χ2n) is 7.62. The van der Waals surface area contributed by atoms with Gasteiger partial charge in [-0.25, -0.2) is 15.0 Å². The average molecular weight is 481 g/mol. The minimum absolute atomic E-state index is 0.271. The maximum atomic E-state index is 13.0. The average Bonchev–Trinajstić information content (AvgIpc) is 3.19. The fraction of sp³-hybridized carbons (Fsp3) is 0.364. The lowest BCUT2D eigenvalue weighted by Gasteiger charge is -2.19. The molecule has 0 radical (unpaired) electrons. The van der Waals surface area contributed by atoms with Crippen LogP contribution in [0.15, 0.2) is 36.8 Å². The van der Waals surface area contributed by atoms with Crippen molar-refractivity contribution in [2.24, 2.45) is 0 Å². The molecule has 2 heterocycles. The van der Waals surface area contributed by atoms with Gasteiger partial charge in [-0.2, -0.15) is 13.2 Å². The van der Waals surface area contributed by atoms with Gasteiger partial charge in [-0.15, -0.1) is 11.3 Å². The number of alkyl halides is 3. The third kappa shape index (κ3) is 6.26. The molecule has 11 heteroatoms. The largest absolute Gasteiger partial charge is 0.488 e. The highest BCUT2D eigenvalue weighted by atomic mass is 32.1. The number of amides is 1. The van der Waals surface area contributed by atoms with Gasteiger partial charge in [0.25, 0.3) is 5.91 Å². The molecule has 0 fully saturated rings. The third-order valence-corrected chi connectivity index (χ3v) is 5.77. The minimum Gasteiger partial charge on any atom is -0.488 e. The first-order chi connectivity index (χ1) is 15.4. The van der Waals surface area contributed by atoms with Crippen LogP contribution >= 0.6 is 11.3 Å². The van der Waals surface area contributed by atoms with E-state index in [1.54, 1.807) is 39.1 Å². The molecule has 3 rings (SSSR count). The molecular weight excluding hydrogens is 457 g/mol. The van der Waals surface area contributed by atoms with E-state index in [1.807, 2.05) is 6.92 Å². The van der Waals surface area contributed by atoms with Crippen LogP contribution in [-0.4, -0.2) is 38.2 Å². The SMILES string of the molecule is Cc1cnc(-c2cc(OC(C)C(C)O)cc(C(=O)NC(C)c3cnc(C(F)(F)F)nc3)c2)s1. The molecule has 1 amide bonds. The Hall–Kier alpha value is -3.05. The highest BCUT2D eigenvalue weighted by molar-refractivity contribution is 7.14. The molecule has 33 heavy (non-hydrogen) atoms. The predicted molar refractivity (Wildman–Crippen MR) is 117 cm³/mol. The molecule has 0 bridgehead atoms.